The highest BCUT2D eigenvalue weighted by Gasteiger charge is 2.30. The molecule has 250 valence electrons. The van der Waals surface area contributed by atoms with E-state index < -0.39 is 29.2 Å². The molecule has 5 aromatic carbocycles. The van der Waals surface area contributed by atoms with E-state index in [9.17, 15) is 29.1 Å². The van der Waals surface area contributed by atoms with Crippen LogP contribution in [0.4, 0.5) is 0 Å². The summed E-state index contributed by atoms with van der Waals surface area (Å²) in [5, 5.41) is 15.6. The van der Waals surface area contributed by atoms with Gasteiger partial charge in [0.05, 0.1) is 11.7 Å². The van der Waals surface area contributed by atoms with Gasteiger partial charge in [-0.25, -0.2) is 14.2 Å². The maximum atomic E-state index is 13.6. The molecule has 2 heterocycles. The number of aliphatic carboxylic acids is 1. The first-order valence-electron chi connectivity index (χ1n) is 16.4. The molecule has 1 aromatic heterocycles. The third-order valence-corrected chi connectivity index (χ3v) is 9.46. The molecule has 0 bridgehead atoms. The summed E-state index contributed by atoms with van der Waals surface area (Å²) in [5.74, 6) is -1.80. The zero-order valence-electron chi connectivity index (χ0n) is 27.3. The van der Waals surface area contributed by atoms with Crippen LogP contribution in [0.15, 0.2) is 125 Å². The molecule has 1 saturated heterocycles. The highest BCUT2D eigenvalue weighted by molar-refractivity contribution is 6.03. The highest BCUT2D eigenvalue weighted by Crippen LogP contribution is 2.33. The van der Waals surface area contributed by atoms with Crippen molar-refractivity contribution in [3.63, 3.8) is 0 Å². The highest BCUT2D eigenvalue weighted by atomic mass is 16.4. The first-order valence-corrected chi connectivity index (χ1v) is 16.4. The quantitative estimate of drug-likeness (QED) is 0.228. The van der Waals surface area contributed by atoms with Crippen molar-refractivity contribution in [3.8, 4) is 5.69 Å². The van der Waals surface area contributed by atoms with Crippen molar-refractivity contribution in [1.29, 1.82) is 0 Å². The molecule has 2 amide bonds. The van der Waals surface area contributed by atoms with Crippen LogP contribution in [-0.2, 0) is 18.3 Å². The normalized spacial score (nSPS) is 14.9. The van der Waals surface area contributed by atoms with Gasteiger partial charge in [0, 0.05) is 48.8 Å². The zero-order valence-corrected chi connectivity index (χ0v) is 27.3. The Bertz CT molecular complexity index is 2420. The predicted octanol–water partition coefficient (Wildman–Crippen LogP) is 5.25. The number of benzene rings is 5. The molecule has 10 heteroatoms. The van der Waals surface area contributed by atoms with Crippen LogP contribution in [0.2, 0.25) is 0 Å². The molecule has 1 fully saturated rings. The SMILES string of the molecule is Cn1ccc(=O)n(-c2cccc3c(C[C@H](NC(=O)c4ccc5cc(C(=O)N6CCC[C@@H]6c6ccccc6)ccc5c4)C(=O)O)cccc23)c1=O. The third-order valence-electron chi connectivity index (χ3n) is 9.46. The van der Waals surface area contributed by atoms with Crippen molar-refractivity contribution < 1.29 is 19.5 Å². The van der Waals surface area contributed by atoms with Crippen molar-refractivity contribution >= 4 is 39.3 Å². The van der Waals surface area contributed by atoms with Crippen LogP contribution in [0.5, 0.6) is 0 Å². The number of aryl methyl sites for hydroxylation is 1. The molecule has 0 saturated carbocycles. The molecule has 0 radical (unpaired) electrons. The molecule has 10 nitrogen and oxygen atoms in total. The van der Waals surface area contributed by atoms with Gasteiger partial charge in [0.25, 0.3) is 17.4 Å². The number of amides is 2. The van der Waals surface area contributed by atoms with E-state index in [0.29, 0.717) is 34.1 Å². The minimum Gasteiger partial charge on any atom is -0.480 e. The van der Waals surface area contributed by atoms with Gasteiger partial charge in [0.1, 0.15) is 6.04 Å². The number of nitrogens with one attached hydrogen (secondary N) is 1. The van der Waals surface area contributed by atoms with Gasteiger partial charge in [-0.05, 0) is 70.5 Å². The van der Waals surface area contributed by atoms with Gasteiger partial charge in [0.2, 0.25) is 0 Å². The van der Waals surface area contributed by atoms with Gasteiger partial charge in [0.15, 0.2) is 0 Å². The summed E-state index contributed by atoms with van der Waals surface area (Å²) in [6, 6.07) is 31.0. The van der Waals surface area contributed by atoms with Crippen LogP contribution in [0.3, 0.4) is 0 Å². The Labute approximate surface area is 286 Å². The van der Waals surface area contributed by atoms with Crippen molar-refractivity contribution in [2.75, 3.05) is 6.54 Å². The number of aromatic nitrogens is 2. The first kappa shape index (κ1) is 32.3. The molecule has 7 rings (SSSR count). The van der Waals surface area contributed by atoms with Crippen LogP contribution in [0.25, 0.3) is 27.2 Å². The summed E-state index contributed by atoms with van der Waals surface area (Å²) in [6.07, 6.45) is 3.22. The monoisotopic (exact) mass is 666 g/mol. The van der Waals surface area contributed by atoms with E-state index in [1.165, 1.54) is 16.8 Å². The molecule has 2 atom stereocenters. The van der Waals surface area contributed by atoms with Crippen LogP contribution >= 0.6 is 0 Å². The second kappa shape index (κ2) is 13.3. The Morgan fingerprint density at radius 1 is 0.820 bits per heavy atom. The number of carbonyl (C=O) groups is 3. The molecule has 0 spiro atoms. The predicted molar refractivity (Wildman–Crippen MR) is 191 cm³/mol. The largest absolute Gasteiger partial charge is 0.480 e. The molecule has 0 unspecified atom stereocenters. The van der Waals surface area contributed by atoms with Gasteiger partial charge in [-0.1, -0.05) is 72.8 Å². The van der Waals surface area contributed by atoms with Gasteiger partial charge in [-0.15, -0.1) is 0 Å². The summed E-state index contributed by atoms with van der Waals surface area (Å²) in [4.78, 5) is 66.9. The van der Waals surface area contributed by atoms with Gasteiger partial charge < -0.3 is 19.9 Å². The van der Waals surface area contributed by atoms with Gasteiger partial charge in [-0.2, -0.15) is 0 Å². The first-order chi connectivity index (χ1) is 24.2. The van der Waals surface area contributed by atoms with E-state index in [1.807, 2.05) is 29.2 Å². The second-order valence-corrected chi connectivity index (χ2v) is 12.6. The van der Waals surface area contributed by atoms with Crippen LogP contribution < -0.4 is 16.6 Å². The summed E-state index contributed by atoms with van der Waals surface area (Å²) >= 11 is 0. The maximum Gasteiger partial charge on any atom is 0.335 e. The number of carbonyl (C=O) groups excluding carboxylic acids is 2. The maximum absolute atomic E-state index is 13.6. The van der Waals surface area contributed by atoms with E-state index in [1.54, 1.807) is 73.8 Å². The number of carboxylic acids is 1. The lowest BCUT2D eigenvalue weighted by molar-refractivity contribution is -0.139. The van der Waals surface area contributed by atoms with Gasteiger partial charge >= 0.3 is 11.7 Å². The minimum atomic E-state index is -1.27. The third kappa shape index (κ3) is 6.07. The Morgan fingerprint density at radius 2 is 1.52 bits per heavy atom. The molecule has 1 aliphatic rings. The van der Waals surface area contributed by atoms with Crippen LogP contribution in [0.1, 0.15) is 50.7 Å². The smallest absolute Gasteiger partial charge is 0.335 e. The molecular formula is C40H34N4O6. The number of fused-ring (bicyclic) bond motifs is 2. The lowest BCUT2D eigenvalue weighted by Gasteiger charge is -2.25. The fourth-order valence-corrected chi connectivity index (χ4v) is 6.90. The summed E-state index contributed by atoms with van der Waals surface area (Å²) in [5.41, 5.74) is 1.99. The lowest BCUT2D eigenvalue weighted by Crippen LogP contribution is -2.42. The Morgan fingerprint density at radius 3 is 2.28 bits per heavy atom. The molecule has 50 heavy (non-hydrogen) atoms. The number of hydrogen-bond acceptors (Lipinski definition) is 5. The molecular weight excluding hydrogens is 632 g/mol. The number of nitrogens with zero attached hydrogens (tertiary/aromatic N) is 3. The summed E-state index contributed by atoms with van der Waals surface area (Å²) < 4.78 is 2.39. The van der Waals surface area contributed by atoms with Gasteiger partial charge in [-0.3, -0.25) is 14.4 Å². The van der Waals surface area contributed by atoms with Crippen molar-refractivity contribution in [2.45, 2.75) is 31.3 Å². The molecule has 2 N–H and O–H groups in total. The number of hydrogen-bond donors (Lipinski definition) is 2. The van der Waals surface area contributed by atoms with E-state index in [0.717, 1.165) is 33.7 Å². The average Bonchev–Trinajstić information content (AvgIpc) is 3.63. The second-order valence-electron chi connectivity index (χ2n) is 12.6. The molecule has 1 aliphatic heterocycles. The van der Waals surface area contributed by atoms with Crippen molar-refractivity contribution in [1.82, 2.24) is 19.4 Å². The fourth-order valence-electron chi connectivity index (χ4n) is 6.90. The Balaban J connectivity index is 1.11. The van der Waals surface area contributed by atoms with Crippen LogP contribution in [-0.4, -0.2) is 49.5 Å². The zero-order chi connectivity index (χ0) is 34.9. The van der Waals surface area contributed by atoms with Crippen molar-refractivity contribution in [3.05, 3.63) is 158 Å². The standard InChI is InChI=1S/C40H34N4O6/c1-42-21-19-36(45)44(40(42)50)35-13-6-11-31-28(10-5-12-32(31)35)24-33(39(48)49)41-37(46)29-17-15-27-23-30(18-16-26(27)22-29)38(47)43-20-7-14-34(43)25-8-3-2-4-9-25/h2-6,8-13,15-19,21-23,33-34H,7,14,20,24H2,1H3,(H,41,46)(H,48,49)/t33-,34+/m0/s1. The van der Waals surface area contributed by atoms with Crippen molar-refractivity contribution in [2.24, 2.45) is 7.05 Å². The fraction of sp³-hybridized carbons (Fsp3) is 0.175. The number of likely N-dealkylation sites (tertiary alicyclic amines) is 1. The van der Waals surface area contributed by atoms with Crippen LogP contribution in [0, 0.1) is 0 Å². The molecule has 0 aliphatic carbocycles. The minimum absolute atomic E-state index is 0.0334. The average molecular weight is 667 g/mol. The van der Waals surface area contributed by atoms with E-state index in [-0.39, 0.29) is 23.9 Å². The molecule has 6 aromatic rings. The topological polar surface area (TPSA) is 131 Å². The number of rotatable bonds is 8. The lowest BCUT2D eigenvalue weighted by atomic mass is 9.97. The van der Waals surface area contributed by atoms with E-state index in [4.69, 9.17) is 0 Å². The summed E-state index contributed by atoms with van der Waals surface area (Å²) in [7, 11) is 1.55. The van der Waals surface area contributed by atoms with E-state index >= 15 is 0 Å². The number of carboxylic acid groups (broad SMARTS) is 1. The summed E-state index contributed by atoms with van der Waals surface area (Å²) in [6.45, 7) is 0.688. The Kier molecular flexibility index (Phi) is 8.59. The van der Waals surface area contributed by atoms with E-state index in [2.05, 4.69) is 17.4 Å². The Hall–Kier alpha value is -6.29.